The van der Waals surface area contributed by atoms with Crippen molar-refractivity contribution in [3.05, 3.63) is 64.5 Å². The Balaban J connectivity index is 1.97. The highest BCUT2D eigenvalue weighted by Gasteiger charge is 2.60. The zero-order chi connectivity index (χ0) is 15.3. The third-order valence-corrected chi connectivity index (χ3v) is 4.75. The van der Waals surface area contributed by atoms with E-state index in [0.717, 1.165) is 22.3 Å². The zero-order valence-electron chi connectivity index (χ0n) is 11.8. The van der Waals surface area contributed by atoms with Crippen LogP contribution in [-0.4, -0.2) is 5.11 Å². The lowest BCUT2D eigenvalue weighted by molar-refractivity contribution is 0.280. The van der Waals surface area contributed by atoms with Crippen LogP contribution < -0.4 is 4.74 Å². The molecule has 1 unspecified atom stereocenters. The van der Waals surface area contributed by atoms with Crippen molar-refractivity contribution in [3.63, 3.8) is 0 Å². The SMILES string of the molecule is N#CC1C[C@]12c1ccc(CO)cc1COc1ccc(F)cc12. The van der Waals surface area contributed by atoms with Gasteiger partial charge in [0.15, 0.2) is 0 Å². The normalized spacial score (nSPS) is 24.7. The number of halogens is 1. The second-order valence-electron chi connectivity index (χ2n) is 5.94. The van der Waals surface area contributed by atoms with Crippen molar-refractivity contribution < 1.29 is 14.2 Å². The molecule has 110 valence electrons. The minimum absolute atomic E-state index is 0.0382. The molecule has 1 fully saturated rings. The zero-order valence-corrected chi connectivity index (χ0v) is 11.8. The summed E-state index contributed by atoms with van der Waals surface area (Å²) in [6.45, 7) is 0.325. The van der Waals surface area contributed by atoms with Crippen molar-refractivity contribution in [3.8, 4) is 11.8 Å². The van der Waals surface area contributed by atoms with Crippen molar-refractivity contribution in [2.75, 3.05) is 0 Å². The molecule has 2 atom stereocenters. The molecule has 4 heteroatoms. The number of hydrogen-bond acceptors (Lipinski definition) is 3. The number of aliphatic hydroxyl groups is 1. The molecule has 1 aliphatic heterocycles. The Morgan fingerprint density at radius 3 is 2.86 bits per heavy atom. The fourth-order valence-electron chi connectivity index (χ4n) is 3.59. The van der Waals surface area contributed by atoms with Gasteiger partial charge in [-0.1, -0.05) is 12.1 Å². The summed E-state index contributed by atoms with van der Waals surface area (Å²) in [4.78, 5) is 0. The largest absolute Gasteiger partial charge is 0.489 e. The number of rotatable bonds is 1. The smallest absolute Gasteiger partial charge is 0.124 e. The summed E-state index contributed by atoms with van der Waals surface area (Å²) in [6, 6.07) is 12.5. The van der Waals surface area contributed by atoms with E-state index >= 15 is 0 Å². The van der Waals surface area contributed by atoms with Crippen molar-refractivity contribution in [2.24, 2.45) is 5.92 Å². The Morgan fingerprint density at radius 1 is 1.27 bits per heavy atom. The maximum atomic E-state index is 13.8. The molecule has 2 aromatic carbocycles. The summed E-state index contributed by atoms with van der Waals surface area (Å²) in [5.74, 6) is 0.148. The first kappa shape index (κ1) is 13.3. The number of nitrogens with zero attached hydrogens (tertiary/aromatic N) is 1. The van der Waals surface area contributed by atoms with Crippen molar-refractivity contribution in [1.29, 1.82) is 5.26 Å². The number of benzene rings is 2. The molecule has 1 aliphatic carbocycles. The molecule has 1 saturated carbocycles. The third kappa shape index (κ3) is 1.69. The van der Waals surface area contributed by atoms with Gasteiger partial charge in [0.05, 0.1) is 18.6 Å². The summed E-state index contributed by atoms with van der Waals surface area (Å²) >= 11 is 0. The maximum Gasteiger partial charge on any atom is 0.124 e. The Kier molecular flexibility index (Phi) is 2.75. The van der Waals surface area contributed by atoms with Crippen molar-refractivity contribution >= 4 is 0 Å². The van der Waals surface area contributed by atoms with Gasteiger partial charge in [0.1, 0.15) is 18.2 Å². The fraction of sp³-hybridized carbons (Fsp3) is 0.278. The van der Waals surface area contributed by atoms with Crippen LogP contribution in [0.5, 0.6) is 5.75 Å². The summed E-state index contributed by atoms with van der Waals surface area (Å²) in [5.41, 5.74) is 3.06. The highest BCUT2D eigenvalue weighted by atomic mass is 19.1. The summed E-state index contributed by atoms with van der Waals surface area (Å²) in [6.07, 6.45) is 0.675. The predicted molar refractivity (Wildman–Crippen MR) is 77.6 cm³/mol. The van der Waals surface area contributed by atoms with Gasteiger partial charge in [-0.2, -0.15) is 5.26 Å². The summed E-state index contributed by atoms with van der Waals surface area (Å²) in [7, 11) is 0. The first-order valence-corrected chi connectivity index (χ1v) is 7.24. The quantitative estimate of drug-likeness (QED) is 0.879. The lowest BCUT2D eigenvalue weighted by Gasteiger charge is -2.18. The second kappa shape index (κ2) is 4.56. The van der Waals surface area contributed by atoms with Crippen LogP contribution in [0.4, 0.5) is 4.39 Å². The molecular weight excluding hydrogens is 281 g/mol. The van der Waals surface area contributed by atoms with Gasteiger partial charge < -0.3 is 9.84 Å². The van der Waals surface area contributed by atoms with E-state index in [4.69, 9.17) is 4.74 Å². The van der Waals surface area contributed by atoms with Crippen LogP contribution in [0.3, 0.4) is 0 Å². The van der Waals surface area contributed by atoms with Gasteiger partial charge >= 0.3 is 0 Å². The Bertz CT molecular complexity index is 811. The fourth-order valence-corrected chi connectivity index (χ4v) is 3.59. The molecule has 22 heavy (non-hydrogen) atoms. The average Bonchev–Trinajstić information content (AvgIpc) is 3.30. The topological polar surface area (TPSA) is 53.2 Å². The van der Waals surface area contributed by atoms with Crippen LogP contribution in [0, 0.1) is 23.1 Å². The van der Waals surface area contributed by atoms with E-state index in [0.29, 0.717) is 18.8 Å². The minimum Gasteiger partial charge on any atom is -0.489 e. The minimum atomic E-state index is -0.480. The highest BCUT2D eigenvalue weighted by molar-refractivity contribution is 5.59. The molecule has 2 aromatic rings. The molecular formula is C18H14FNO2. The summed E-state index contributed by atoms with van der Waals surface area (Å²) < 4.78 is 19.6. The van der Waals surface area contributed by atoms with Gasteiger partial charge in [-0.15, -0.1) is 0 Å². The maximum absolute atomic E-state index is 13.8. The Labute approximate surface area is 127 Å². The first-order chi connectivity index (χ1) is 10.7. The average molecular weight is 295 g/mol. The molecule has 0 bridgehead atoms. The molecule has 0 amide bonds. The molecule has 1 N–H and O–H groups in total. The first-order valence-electron chi connectivity index (χ1n) is 7.24. The molecule has 0 radical (unpaired) electrons. The number of ether oxygens (including phenoxy) is 1. The highest BCUT2D eigenvalue weighted by Crippen LogP contribution is 2.62. The van der Waals surface area contributed by atoms with E-state index in [1.807, 2.05) is 18.2 Å². The monoisotopic (exact) mass is 295 g/mol. The van der Waals surface area contributed by atoms with Crippen LogP contribution in [0.2, 0.25) is 0 Å². The molecule has 3 nitrogen and oxygen atoms in total. The molecule has 1 heterocycles. The van der Waals surface area contributed by atoms with E-state index in [1.165, 1.54) is 12.1 Å². The van der Waals surface area contributed by atoms with Crippen LogP contribution in [0.25, 0.3) is 0 Å². The van der Waals surface area contributed by atoms with E-state index in [2.05, 4.69) is 6.07 Å². The predicted octanol–water partition coefficient (Wildman–Crippen LogP) is 3.04. The van der Waals surface area contributed by atoms with Crippen molar-refractivity contribution in [1.82, 2.24) is 0 Å². The van der Waals surface area contributed by atoms with Gasteiger partial charge in [0.25, 0.3) is 0 Å². The second-order valence-corrected chi connectivity index (χ2v) is 5.94. The van der Waals surface area contributed by atoms with E-state index in [1.54, 1.807) is 6.07 Å². The molecule has 2 aliphatic rings. The van der Waals surface area contributed by atoms with E-state index in [9.17, 15) is 14.8 Å². The molecule has 0 aromatic heterocycles. The number of fused-ring (bicyclic) bond motifs is 4. The van der Waals surface area contributed by atoms with Gasteiger partial charge in [0.2, 0.25) is 0 Å². The van der Waals surface area contributed by atoms with Crippen LogP contribution in [0.15, 0.2) is 36.4 Å². The molecule has 0 saturated heterocycles. The van der Waals surface area contributed by atoms with Gasteiger partial charge in [-0.05, 0) is 47.4 Å². The number of nitriles is 1. The van der Waals surface area contributed by atoms with Crippen molar-refractivity contribution in [2.45, 2.75) is 25.0 Å². The van der Waals surface area contributed by atoms with Crippen LogP contribution in [-0.2, 0) is 18.6 Å². The molecule has 4 rings (SSSR count). The van der Waals surface area contributed by atoms with E-state index in [-0.39, 0.29) is 18.3 Å². The lowest BCUT2D eigenvalue weighted by Crippen LogP contribution is -2.13. The number of aliphatic hydroxyl groups excluding tert-OH is 1. The van der Waals surface area contributed by atoms with Crippen LogP contribution >= 0.6 is 0 Å². The van der Waals surface area contributed by atoms with Gasteiger partial charge in [-0.3, -0.25) is 0 Å². The Hall–Kier alpha value is -2.38. The van der Waals surface area contributed by atoms with Gasteiger partial charge in [0, 0.05) is 11.0 Å². The van der Waals surface area contributed by atoms with E-state index < -0.39 is 5.41 Å². The Morgan fingerprint density at radius 2 is 2.14 bits per heavy atom. The molecule has 1 spiro atoms. The van der Waals surface area contributed by atoms with Crippen LogP contribution in [0.1, 0.15) is 28.7 Å². The lowest BCUT2D eigenvalue weighted by atomic mass is 9.83. The third-order valence-electron chi connectivity index (χ3n) is 4.75. The standard InChI is InChI=1S/C18H14FNO2/c19-14-2-4-17-16(6-14)18(7-13(18)8-20)15-3-1-11(9-21)5-12(15)10-22-17/h1-6,13,21H,7,9-10H2/t13?,18-/m1/s1. The van der Waals surface area contributed by atoms with Gasteiger partial charge in [-0.25, -0.2) is 4.39 Å². The number of hydrogen-bond donors (Lipinski definition) is 1. The summed E-state index contributed by atoms with van der Waals surface area (Å²) in [5, 5.41) is 18.7.